The molecule has 1 aliphatic heterocycles. The molecule has 0 aromatic heterocycles. The van der Waals surface area contributed by atoms with E-state index in [-0.39, 0.29) is 24.3 Å². The minimum Gasteiger partial charge on any atom is -0.466 e. The first kappa shape index (κ1) is 15.2. The molecule has 0 saturated carbocycles. The van der Waals surface area contributed by atoms with Crippen LogP contribution in [-0.2, 0) is 19.1 Å². The number of hydrogen-bond donors (Lipinski definition) is 1. The van der Waals surface area contributed by atoms with E-state index in [1.54, 1.807) is 13.8 Å². The Morgan fingerprint density at radius 3 is 1.75 bits per heavy atom. The first-order valence-corrected chi connectivity index (χ1v) is 5.24. The molecule has 16 heavy (non-hydrogen) atoms. The topological polar surface area (TPSA) is 64.6 Å². The summed E-state index contributed by atoms with van der Waals surface area (Å²) in [6.45, 7) is 5.15. The van der Waals surface area contributed by atoms with Gasteiger partial charge in [-0.2, -0.15) is 0 Å². The van der Waals surface area contributed by atoms with Crippen LogP contribution in [0.2, 0.25) is 0 Å². The molecule has 5 nitrogen and oxygen atoms in total. The third-order valence-corrected chi connectivity index (χ3v) is 2.39. The molecule has 1 saturated heterocycles. The van der Waals surface area contributed by atoms with Crippen molar-refractivity contribution in [1.29, 1.82) is 0 Å². The Labute approximate surface area is 101 Å². The molecule has 1 rings (SSSR count). The fourth-order valence-electron chi connectivity index (χ4n) is 1.67. The lowest BCUT2D eigenvalue weighted by atomic mass is 9.96. The lowest BCUT2D eigenvalue weighted by Gasteiger charge is -2.15. The zero-order valence-corrected chi connectivity index (χ0v) is 10.3. The Morgan fingerprint density at radius 1 is 1.06 bits per heavy atom. The predicted octanol–water partition coefficient (Wildman–Crippen LogP) is 0.370. The van der Waals surface area contributed by atoms with Crippen LogP contribution >= 0.6 is 12.4 Å². The third-order valence-electron chi connectivity index (χ3n) is 2.39. The van der Waals surface area contributed by atoms with Crippen molar-refractivity contribution in [3.8, 4) is 0 Å². The number of carbonyl (C=O) groups is 2. The summed E-state index contributed by atoms with van der Waals surface area (Å²) in [6.07, 6.45) is 0. The molecule has 0 aromatic rings. The van der Waals surface area contributed by atoms with Crippen molar-refractivity contribution in [2.75, 3.05) is 26.3 Å². The van der Waals surface area contributed by atoms with Gasteiger partial charge in [-0.25, -0.2) is 0 Å². The Balaban J connectivity index is 0.00000225. The van der Waals surface area contributed by atoms with Crippen LogP contribution in [0.3, 0.4) is 0 Å². The van der Waals surface area contributed by atoms with Gasteiger partial charge >= 0.3 is 11.9 Å². The number of halogens is 1. The van der Waals surface area contributed by atoms with Crippen molar-refractivity contribution in [3.05, 3.63) is 0 Å². The van der Waals surface area contributed by atoms with Crippen LogP contribution in [0.5, 0.6) is 0 Å². The second-order valence-electron chi connectivity index (χ2n) is 3.38. The molecule has 0 bridgehead atoms. The Kier molecular flexibility index (Phi) is 7.08. The van der Waals surface area contributed by atoms with E-state index in [4.69, 9.17) is 9.47 Å². The van der Waals surface area contributed by atoms with Crippen LogP contribution in [0.1, 0.15) is 13.8 Å². The van der Waals surface area contributed by atoms with E-state index in [0.29, 0.717) is 26.3 Å². The second-order valence-corrected chi connectivity index (χ2v) is 3.38. The molecule has 1 N–H and O–H groups in total. The van der Waals surface area contributed by atoms with Crippen LogP contribution in [0.4, 0.5) is 0 Å². The first-order chi connectivity index (χ1) is 7.20. The number of ether oxygens (including phenoxy) is 2. The molecular formula is C10H18ClNO4. The van der Waals surface area contributed by atoms with E-state index in [1.807, 2.05) is 0 Å². The number of nitrogens with one attached hydrogen (secondary N) is 1. The largest absolute Gasteiger partial charge is 0.466 e. The van der Waals surface area contributed by atoms with Crippen molar-refractivity contribution < 1.29 is 19.1 Å². The van der Waals surface area contributed by atoms with Gasteiger partial charge in [0.2, 0.25) is 0 Å². The van der Waals surface area contributed by atoms with Crippen LogP contribution in [-0.4, -0.2) is 38.2 Å². The zero-order valence-electron chi connectivity index (χ0n) is 9.52. The molecule has 0 radical (unpaired) electrons. The summed E-state index contributed by atoms with van der Waals surface area (Å²) in [5.41, 5.74) is 0. The van der Waals surface area contributed by atoms with Gasteiger partial charge in [-0.05, 0) is 13.8 Å². The van der Waals surface area contributed by atoms with Crippen molar-refractivity contribution in [1.82, 2.24) is 5.32 Å². The highest BCUT2D eigenvalue weighted by atomic mass is 35.5. The van der Waals surface area contributed by atoms with E-state index >= 15 is 0 Å². The van der Waals surface area contributed by atoms with Gasteiger partial charge in [-0.15, -0.1) is 12.4 Å². The van der Waals surface area contributed by atoms with Gasteiger partial charge in [0.1, 0.15) is 0 Å². The van der Waals surface area contributed by atoms with E-state index in [2.05, 4.69) is 5.32 Å². The molecule has 2 atom stereocenters. The van der Waals surface area contributed by atoms with Crippen LogP contribution in [0.15, 0.2) is 0 Å². The second kappa shape index (κ2) is 7.46. The van der Waals surface area contributed by atoms with Crippen LogP contribution < -0.4 is 5.32 Å². The molecule has 6 heteroatoms. The van der Waals surface area contributed by atoms with Gasteiger partial charge in [-0.3, -0.25) is 9.59 Å². The average Bonchev–Trinajstić information content (AvgIpc) is 2.66. The lowest BCUT2D eigenvalue weighted by molar-refractivity contribution is -0.157. The van der Waals surface area contributed by atoms with Gasteiger partial charge in [0.25, 0.3) is 0 Å². The smallest absolute Gasteiger partial charge is 0.311 e. The van der Waals surface area contributed by atoms with E-state index in [0.717, 1.165) is 0 Å². The normalized spacial score (nSPS) is 23.4. The lowest BCUT2D eigenvalue weighted by Crippen LogP contribution is -2.31. The van der Waals surface area contributed by atoms with E-state index < -0.39 is 11.8 Å². The highest BCUT2D eigenvalue weighted by molar-refractivity contribution is 5.85. The molecule has 1 fully saturated rings. The number of rotatable bonds is 4. The first-order valence-electron chi connectivity index (χ1n) is 5.24. The highest BCUT2D eigenvalue weighted by Crippen LogP contribution is 2.19. The maximum absolute atomic E-state index is 11.5. The number of hydrogen-bond acceptors (Lipinski definition) is 5. The molecule has 0 unspecified atom stereocenters. The van der Waals surface area contributed by atoms with Crippen LogP contribution in [0.25, 0.3) is 0 Å². The quantitative estimate of drug-likeness (QED) is 0.732. The van der Waals surface area contributed by atoms with Gasteiger partial charge in [0.15, 0.2) is 0 Å². The molecular weight excluding hydrogens is 234 g/mol. The summed E-state index contributed by atoms with van der Waals surface area (Å²) in [4.78, 5) is 23.0. The van der Waals surface area contributed by atoms with Gasteiger partial charge in [-0.1, -0.05) is 0 Å². The summed E-state index contributed by atoms with van der Waals surface area (Å²) >= 11 is 0. The summed E-state index contributed by atoms with van der Waals surface area (Å²) in [6, 6.07) is 0. The van der Waals surface area contributed by atoms with Gasteiger partial charge in [0.05, 0.1) is 25.0 Å². The minimum atomic E-state index is -0.399. The molecule has 0 aliphatic carbocycles. The van der Waals surface area contributed by atoms with E-state index in [9.17, 15) is 9.59 Å². The molecule has 1 aliphatic rings. The predicted molar refractivity (Wildman–Crippen MR) is 60.4 cm³/mol. The third kappa shape index (κ3) is 3.64. The summed E-state index contributed by atoms with van der Waals surface area (Å²) in [5.74, 6) is -1.44. The Bertz CT molecular complexity index is 223. The van der Waals surface area contributed by atoms with Crippen LogP contribution in [0, 0.1) is 11.8 Å². The van der Waals surface area contributed by atoms with Gasteiger partial charge in [0, 0.05) is 13.1 Å². The summed E-state index contributed by atoms with van der Waals surface area (Å²) < 4.78 is 9.80. The molecule has 94 valence electrons. The van der Waals surface area contributed by atoms with Crippen molar-refractivity contribution in [2.45, 2.75) is 13.8 Å². The van der Waals surface area contributed by atoms with Gasteiger partial charge < -0.3 is 14.8 Å². The molecule has 0 aromatic carbocycles. The monoisotopic (exact) mass is 251 g/mol. The molecule has 0 amide bonds. The number of carbonyl (C=O) groups excluding carboxylic acids is 2. The Hall–Kier alpha value is -0.810. The van der Waals surface area contributed by atoms with Crippen molar-refractivity contribution in [3.63, 3.8) is 0 Å². The van der Waals surface area contributed by atoms with E-state index in [1.165, 1.54) is 0 Å². The standard InChI is InChI=1S/C10H17NO4.ClH/c1-3-14-9(12)7-5-11-6-8(7)10(13)15-4-2;/h7-8,11H,3-6H2,1-2H3;1H/t7-,8+;. The fraction of sp³-hybridized carbons (Fsp3) is 0.800. The summed E-state index contributed by atoms with van der Waals surface area (Å²) in [7, 11) is 0. The SMILES string of the molecule is CCOC(=O)[C@H]1CNC[C@H]1C(=O)OCC.Cl. The maximum atomic E-state index is 11.5. The fourth-order valence-corrected chi connectivity index (χ4v) is 1.67. The maximum Gasteiger partial charge on any atom is 0.311 e. The zero-order chi connectivity index (χ0) is 11.3. The average molecular weight is 252 g/mol. The highest BCUT2D eigenvalue weighted by Gasteiger charge is 2.39. The minimum absolute atomic E-state index is 0. The number of esters is 2. The van der Waals surface area contributed by atoms with Crippen molar-refractivity contribution >= 4 is 24.3 Å². The molecule has 1 heterocycles. The summed E-state index contributed by atoms with van der Waals surface area (Å²) in [5, 5.41) is 3.00. The Morgan fingerprint density at radius 2 is 1.44 bits per heavy atom. The van der Waals surface area contributed by atoms with Crippen molar-refractivity contribution in [2.24, 2.45) is 11.8 Å². The molecule has 0 spiro atoms.